The normalized spacial score (nSPS) is 14.3. The zero-order chi connectivity index (χ0) is 33.7. The van der Waals surface area contributed by atoms with Crippen molar-refractivity contribution in [2.24, 2.45) is 4.99 Å². The van der Waals surface area contributed by atoms with E-state index in [1.165, 1.54) is 15.9 Å². The van der Waals surface area contributed by atoms with Crippen molar-refractivity contribution in [1.29, 1.82) is 0 Å². The van der Waals surface area contributed by atoms with E-state index < -0.39 is 12.0 Å². The molecule has 1 aliphatic rings. The maximum absolute atomic E-state index is 14.0. The second-order valence-electron chi connectivity index (χ2n) is 10.3. The number of esters is 2. The molecule has 47 heavy (non-hydrogen) atoms. The first kappa shape index (κ1) is 34.4. The lowest BCUT2D eigenvalue weighted by Crippen LogP contribution is -2.40. The highest BCUT2D eigenvalue weighted by atomic mass is 127. The van der Waals surface area contributed by atoms with E-state index >= 15 is 0 Å². The Balaban J connectivity index is 1.52. The molecule has 0 radical (unpaired) electrons. The molecule has 0 spiro atoms. The summed E-state index contributed by atoms with van der Waals surface area (Å²) in [5.41, 5.74) is 3.09. The van der Waals surface area contributed by atoms with E-state index in [0.29, 0.717) is 55.9 Å². The summed E-state index contributed by atoms with van der Waals surface area (Å²) < 4.78 is 25.3. The number of aromatic nitrogens is 1. The van der Waals surface area contributed by atoms with E-state index in [4.69, 9.17) is 30.5 Å². The van der Waals surface area contributed by atoms with Crippen LogP contribution in [0.4, 0.5) is 0 Å². The zero-order valence-electron chi connectivity index (χ0n) is 26.2. The van der Waals surface area contributed by atoms with Gasteiger partial charge in [0, 0.05) is 5.02 Å². The van der Waals surface area contributed by atoms with Crippen molar-refractivity contribution in [2.45, 2.75) is 40.3 Å². The number of ether oxygens (including phenoxy) is 4. The standard InChI is InChI=1S/C35H32ClIN2O7S/c1-5-43-27-17-22(16-26(37)31(27)46-19-21-12-14-23(15-13-21)33(41)44-6-2)18-28-32(40)39-30(24-10-8-9-11-25(24)36)29(34(42)45-7-3)20(4)38-35(39)47-28/h8-18,30H,5-7,19H2,1-4H3/b28-18-/t30-/m1/s1. The predicted octanol–water partition coefficient (Wildman–Crippen LogP) is 6.21. The zero-order valence-corrected chi connectivity index (χ0v) is 29.9. The molecule has 0 unspecified atom stereocenters. The highest BCUT2D eigenvalue weighted by molar-refractivity contribution is 14.1. The lowest BCUT2D eigenvalue weighted by molar-refractivity contribution is -0.139. The predicted molar refractivity (Wildman–Crippen MR) is 189 cm³/mol. The number of carbonyl (C=O) groups is 2. The van der Waals surface area contributed by atoms with Gasteiger partial charge in [-0.15, -0.1) is 0 Å². The summed E-state index contributed by atoms with van der Waals surface area (Å²) in [6, 6.07) is 17.1. The van der Waals surface area contributed by atoms with Gasteiger partial charge in [-0.05, 0) is 103 Å². The maximum Gasteiger partial charge on any atom is 0.338 e. The van der Waals surface area contributed by atoms with Crippen LogP contribution < -0.4 is 24.4 Å². The number of fused-ring (bicyclic) bond motifs is 1. The summed E-state index contributed by atoms with van der Waals surface area (Å²) in [6.45, 7) is 8.25. The first-order chi connectivity index (χ1) is 22.7. The fraction of sp³-hybridized carbons (Fsp3) is 0.257. The number of allylic oxidation sites excluding steroid dienone is 1. The van der Waals surface area contributed by atoms with Gasteiger partial charge < -0.3 is 18.9 Å². The number of benzene rings is 3. The van der Waals surface area contributed by atoms with Crippen molar-refractivity contribution < 1.29 is 28.5 Å². The Morgan fingerprint density at radius 1 is 0.979 bits per heavy atom. The highest BCUT2D eigenvalue weighted by Crippen LogP contribution is 2.36. The fourth-order valence-electron chi connectivity index (χ4n) is 5.12. The summed E-state index contributed by atoms with van der Waals surface area (Å²) in [4.78, 5) is 44.3. The number of hydrogen-bond donors (Lipinski definition) is 0. The molecule has 1 aliphatic heterocycles. The molecule has 12 heteroatoms. The van der Waals surface area contributed by atoms with Crippen LogP contribution in [-0.2, 0) is 20.9 Å². The van der Waals surface area contributed by atoms with Crippen LogP contribution in [0.2, 0.25) is 5.02 Å². The molecule has 0 aliphatic carbocycles. The van der Waals surface area contributed by atoms with Crippen molar-refractivity contribution >= 4 is 63.5 Å². The smallest absolute Gasteiger partial charge is 0.338 e. The Morgan fingerprint density at radius 3 is 2.36 bits per heavy atom. The first-order valence-electron chi connectivity index (χ1n) is 15.0. The Labute approximate surface area is 294 Å². The van der Waals surface area contributed by atoms with Crippen molar-refractivity contribution in [3.05, 3.63) is 122 Å². The molecular formula is C35H32ClIN2O7S. The third-order valence-corrected chi connectivity index (χ3v) is 9.32. The van der Waals surface area contributed by atoms with E-state index in [1.807, 2.05) is 37.3 Å². The topological polar surface area (TPSA) is 105 Å². The molecule has 0 amide bonds. The van der Waals surface area contributed by atoms with Crippen LogP contribution in [0.5, 0.6) is 11.5 Å². The largest absolute Gasteiger partial charge is 0.490 e. The van der Waals surface area contributed by atoms with Crippen LogP contribution >= 0.6 is 45.5 Å². The van der Waals surface area contributed by atoms with Crippen molar-refractivity contribution in [3.63, 3.8) is 0 Å². The van der Waals surface area contributed by atoms with Crippen molar-refractivity contribution in [2.75, 3.05) is 19.8 Å². The molecule has 1 aromatic heterocycles. The second-order valence-corrected chi connectivity index (χ2v) is 12.9. The number of hydrogen-bond acceptors (Lipinski definition) is 9. The van der Waals surface area contributed by atoms with E-state index in [-0.39, 0.29) is 30.3 Å². The summed E-state index contributed by atoms with van der Waals surface area (Å²) in [5, 5.41) is 0.421. The fourth-order valence-corrected chi connectivity index (χ4v) is 7.18. The van der Waals surface area contributed by atoms with Gasteiger partial charge in [0.15, 0.2) is 16.3 Å². The van der Waals surface area contributed by atoms with Crippen molar-refractivity contribution in [1.82, 2.24) is 4.57 Å². The second kappa shape index (κ2) is 15.3. The van der Waals surface area contributed by atoms with Crippen LogP contribution in [0, 0.1) is 3.57 Å². The SMILES string of the molecule is CCOC(=O)C1=C(C)N=c2s/c(=C\c3cc(I)c(OCc4ccc(C(=O)OCC)cc4)c(OCC)c3)c(=O)n2[C@@H]1c1ccccc1Cl. The summed E-state index contributed by atoms with van der Waals surface area (Å²) in [6.07, 6.45) is 1.78. The summed E-state index contributed by atoms with van der Waals surface area (Å²) in [7, 11) is 0. The average Bonchev–Trinajstić information content (AvgIpc) is 3.34. The van der Waals surface area contributed by atoms with Crippen LogP contribution in [0.3, 0.4) is 0 Å². The molecule has 0 bridgehead atoms. The third-order valence-electron chi connectivity index (χ3n) is 7.19. The Bertz CT molecular complexity index is 2040. The molecular weight excluding hydrogens is 755 g/mol. The molecule has 5 rings (SSSR count). The van der Waals surface area contributed by atoms with E-state index in [1.54, 1.807) is 57.2 Å². The minimum absolute atomic E-state index is 0.178. The van der Waals surface area contributed by atoms with Gasteiger partial charge in [-0.25, -0.2) is 14.6 Å². The quantitative estimate of drug-likeness (QED) is 0.132. The molecule has 3 aromatic carbocycles. The molecule has 0 saturated heterocycles. The molecule has 0 saturated carbocycles. The van der Waals surface area contributed by atoms with Crippen molar-refractivity contribution in [3.8, 4) is 11.5 Å². The lowest BCUT2D eigenvalue weighted by Gasteiger charge is -2.25. The first-order valence-corrected chi connectivity index (χ1v) is 17.2. The molecule has 0 N–H and O–H groups in total. The molecule has 9 nitrogen and oxygen atoms in total. The third kappa shape index (κ3) is 7.47. The van der Waals surface area contributed by atoms with Gasteiger partial charge in [0.1, 0.15) is 12.6 Å². The molecule has 2 heterocycles. The minimum atomic E-state index is -0.803. The lowest BCUT2D eigenvalue weighted by atomic mass is 9.96. The number of halogens is 2. The number of thiazole rings is 1. The minimum Gasteiger partial charge on any atom is -0.490 e. The van der Waals surface area contributed by atoms with Gasteiger partial charge in [-0.2, -0.15) is 0 Å². The number of carbonyl (C=O) groups excluding carboxylic acids is 2. The van der Waals surface area contributed by atoms with Gasteiger partial charge in [0.25, 0.3) is 5.56 Å². The molecule has 4 aromatic rings. The number of nitrogens with zero attached hydrogens (tertiary/aromatic N) is 2. The van der Waals surface area contributed by atoms with Gasteiger partial charge in [-0.1, -0.05) is 53.3 Å². The Kier molecular flexibility index (Phi) is 11.2. The van der Waals surface area contributed by atoms with Gasteiger partial charge in [0.05, 0.1) is 44.8 Å². The van der Waals surface area contributed by atoms with Crippen LogP contribution in [0.15, 0.2) is 81.7 Å². The average molecular weight is 787 g/mol. The van der Waals surface area contributed by atoms with Gasteiger partial charge in [0.2, 0.25) is 0 Å². The summed E-state index contributed by atoms with van der Waals surface area (Å²) in [5.74, 6) is 0.171. The Hall–Kier alpha value is -3.94. The summed E-state index contributed by atoms with van der Waals surface area (Å²) >= 11 is 10.0. The highest BCUT2D eigenvalue weighted by Gasteiger charge is 2.34. The van der Waals surface area contributed by atoms with E-state index in [2.05, 4.69) is 27.6 Å². The van der Waals surface area contributed by atoms with E-state index in [9.17, 15) is 14.4 Å². The van der Waals surface area contributed by atoms with Crippen LogP contribution in [0.25, 0.3) is 6.08 Å². The Morgan fingerprint density at radius 2 is 1.68 bits per heavy atom. The maximum atomic E-state index is 14.0. The van der Waals surface area contributed by atoms with Gasteiger partial charge >= 0.3 is 11.9 Å². The number of rotatable bonds is 11. The van der Waals surface area contributed by atoms with E-state index in [0.717, 1.165) is 14.7 Å². The molecule has 244 valence electrons. The van der Waals surface area contributed by atoms with Crippen LogP contribution in [0.1, 0.15) is 60.8 Å². The molecule has 1 atom stereocenters. The molecule has 0 fully saturated rings. The van der Waals surface area contributed by atoms with Gasteiger partial charge in [-0.3, -0.25) is 9.36 Å². The monoisotopic (exact) mass is 786 g/mol. The van der Waals surface area contributed by atoms with Crippen LogP contribution in [-0.4, -0.2) is 36.3 Å².